The Hall–Kier alpha value is -2.64. The first-order valence-corrected chi connectivity index (χ1v) is 9.17. The third-order valence-electron chi connectivity index (χ3n) is 3.91. The number of hydrogen-bond donors (Lipinski definition) is 2. The van der Waals surface area contributed by atoms with Gasteiger partial charge in [0.05, 0.1) is 4.90 Å². The standard InChI is InChI=1S/C18H17NO5S/c1-12-17(18(20)21)15-11-14(7-8-16(15)24-12)25(22,23)19-10-9-13-5-3-2-4-6-13/h2-8,11,19H,9-10H2,1H3,(H,20,21). The molecule has 130 valence electrons. The summed E-state index contributed by atoms with van der Waals surface area (Å²) in [6.07, 6.45) is 0.563. The molecule has 0 saturated heterocycles. The molecule has 0 aliphatic rings. The lowest BCUT2D eigenvalue weighted by atomic mass is 10.1. The summed E-state index contributed by atoms with van der Waals surface area (Å²) in [6.45, 7) is 1.79. The lowest BCUT2D eigenvalue weighted by Crippen LogP contribution is -2.26. The van der Waals surface area contributed by atoms with Gasteiger partial charge in [0.1, 0.15) is 16.9 Å². The molecule has 0 aliphatic heterocycles. The molecule has 25 heavy (non-hydrogen) atoms. The van der Waals surface area contributed by atoms with Gasteiger partial charge in [-0.25, -0.2) is 17.9 Å². The average molecular weight is 359 g/mol. The first kappa shape index (κ1) is 17.2. The van der Waals surface area contributed by atoms with Gasteiger partial charge in [-0.15, -0.1) is 0 Å². The zero-order valence-corrected chi connectivity index (χ0v) is 14.3. The molecule has 0 amide bonds. The van der Waals surface area contributed by atoms with E-state index in [-0.39, 0.29) is 28.2 Å². The summed E-state index contributed by atoms with van der Waals surface area (Å²) in [7, 11) is -3.74. The third kappa shape index (κ3) is 3.57. The van der Waals surface area contributed by atoms with Crippen molar-refractivity contribution in [2.75, 3.05) is 6.54 Å². The highest BCUT2D eigenvalue weighted by molar-refractivity contribution is 7.89. The van der Waals surface area contributed by atoms with Gasteiger partial charge in [0.25, 0.3) is 0 Å². The fourth-order valence-electron chi connectivity index (χ4n) is 2.69. The van der Waals surface area contributed by atoms with Gasteiger partial charge < -0.3 is 9.52 Å². The van der Waals surface area contributed by atoms with Crippen molar-refractivity contribution in [2.24, 2.45) is 0 Å². The Bertz CT molecular complexity index is 1020. The Morgan fingerprint density at radius 3 is 2.56 bits per heavy atom. The minimum absolute atomic E-state index is 0.0105. The van der Waals surface area contributed by atoms with Crippen molar-refractivity contribution in [3.05, 3.63) is 65.4 Å². The van der Waals surface area contributed by atoms with Crippen LogP contribution in [0, 0.1) is 6.92 Å². The van der Waals surface area contributed by atoms with E-state index >= 15 is 0 Å². The second kappa shape index (κ2) is 6.70. The van der Waals surface area contributed by atoms with Gasteiger partial charge in [-0.1, -0.05) is 30.3 Å². The number of sulfonamides is 1. The average Bonchev–Trinajstić information content (AvgIpc) is 2.90. The molecular weight excluding hydrogens is 342 g/mol. The molecule has 0 radical (unpaired) electrons. The number of rotatable bonds is 6. The summed E-state index contributed by atoms with van der Waals surface area (Å²) in [5.74, 6) is -0.906. The zero-order chi connectivity index (χ0) is 18.0. The Morgan fingerprint density at radius 1 is 1.16 bits per heavy atom. The number of furan rings is 1. The normalized spacial score (nSPS) is 11.7. The van der Waals surface area contributed by atoms with Crippen LogP contribution in [0.2, 0.25) is 0 Å². The number of fused-ring (bicyclic) bond motifs is 1. The smallest absolute Gasteiger partial charge is 0.339 e. The first-order valence-electron chi connectivity index (χ1n) is 7.68. The zero-order valence-electron chi connectivity index (χ0n) is 13.5. The van der Waals surface area contributed by atoms with E-state index in [2.05, 4.69) is 4.72 Å². The Labute approximate surface area is 145 Å². The van der Waals surface area contributed by atoms with Crippen LogP contribution in [0.5, 0.6) is 0 Å². The van der Waals surface area contributed by atoms with Crippen LogP contribution in [0.25, 0.3) is 11.0 Å². The van der Waals surface area contributed by atoms with Crippen LogP contribution in [0.15, 0.2) is 57.8 Å². The van der Waals surface area contributed by atoms with Crippen molar-refractivity contribution in [2.45, 2.75) is 18.2 Å². The number of carboxylic acids is 1. The first-order chi connectivity index (χ1) is 11.9. The fourth-order valence-corrected chi connectivity index (χ4v) is 3.75. The largest absolute Gasteiger partial charge is 0.478 e. The number of aryl methyl sites for hydroxylation is 1. The van der Waals surface area contributed by atoms with Gasteiger partial charge in [-0.2, -0.15) is 0 Å². The molecule has 0 spiro atoms. The third-order valence-corrected chi connectivity index (χ3v) is 5.37. The molecule has 2 N–H and O–H groups in total. The van der Waals surface area contributed by atoms with E-state index in [1.165, 1.54) is 25.1 Å². The van der Waals surface area contributed by atoms with E-state index < -0.39 is 16.0 Å². The fraction of sp³-hybridized carbons (Fsp3) is 0.167. The Kier molecular flexibility index (Phi) is 4.61. The number of carboxylic acid groups (broad SMARTS) is 1. The molecule has 1 aromatic heterocycles. The molecule has 6 nitrogen and oxygen atoms in total. The van der Waals surface area contributed by atoms with E-state index in [0.29, 0.717) is 12.0 Å². The number of carbonyl (C=O) groups is 1. The van der Waals surface area contributed by atoms with Crippen LogP contribution in [-0.4, -0.2) is 26.0 Å². The quantitative estimate of drug-likeness (QED) is 0.705. The summed E-state index contributed by atoms with van der Waals surface area (Å²) in [6, 6.07) is 13.7. The summed E-state index contributed by atoms with van der Waals surface area (Å²) in [5.41, 5.74) is 1.36. The van der Waals surface area contributed by atoms with E-state index in [4.69, 9.17) is 4.42 Å². The van der Waals surface area contributed by atoms with Gasteiger partial charge in [0.15, 0.2) is 0 Å². The van der Waals surface area contributed by atoms with Crippen LogP contribution in [0.3, 0.4) is 0 Å². The molecule has 1 heterocycles. The number of hydrogen-bond acceptors (Lipinski definition) is 4. The SMILES string of the molecule is Cc1oc2ccc(S(=O)(=O)NCCc3ccccc3)cc2c1C(=O)O. The highest BCUT2D eigenvalue weighted by atomic mass is 32.2. The minimum atomic E-state index is -3.74. The van der Waals surface area contributed by atoms with Crippen molar-refractivity contribution < 1.29 is 22.7 Å². The molecule has 0 bridgehead atoms. The number of benzene rings is 2. The van der Waals surface area contributed by atoms with Gasteiger partial charge in [-0.3, -0.25) is 0 Å². The monoisotopic (exact) mass is 359 g/mol. The van der Waals surface area contributed by atoms with Gasteiger partial charge in [-0.05, 0) is 37.1 Å². The maximum atomic E-state index is 12.5. The lowest BCUT2D eigenvalue weighted by molar-refractivity contribution is 0.0697. The maximum absolute atomic E-state index is 12.5. The predicted octanol–water partition coefficient (Wildman–Crippen LogP) is 2.96. The molecule has 7 heteroatoms. The van der Waals surface area contributed by atoms with E-state index in [0.717, 1.165) is 5.56 Å². The van der Waals surface area contributed by atoms with E-state index in [1.54, 1.807) is 0 Å². The highest BCUT2D eigenvalue weighted by Gasteiger charge is 2.21. The molecule has 2 aromatic carbocycles. The number of nitrogens with one attached hydrogen (secondary N) is 1. The number of aromatic carboxylic acids is 1. The van der Waals surface area contributed by atoms with Gasteiger partial charge >= 0.3 is 5.97 Å². The Morgan fingerprint density at radius 2 is 1.88 bits per heavy atom. The van der Waals surface area contributed by atoms with Crippen LogP contribution in [-0.2, 0) is 16.4 Å². The topological polar surface area (TPSA) is 96.6 Å². The summed E-state index contributed by atoms with van der Waals surface area (Å²) >= 11 is 0. The molecule has 0 unspecified atom stereocenters. The molecule has 0 saturated carbocycles. The molecule has 0 atom stereocenters. The van der Waals surface area contributed by atoms with Crippen LogP contribution >= 0.6 is 0 Å². The summed E-state index contributed by atoms with van der Waals surface area (Å²) in [5, 5.41) is 9.56. The summed E-state index contributed by atoms with van der Waals surface area (Å²) < 4.78 is 32.8. The molecular formula is C18H17NO5S. The van der Waals surface area contributed by atoms with Crippen molar-refractivity contribution in [3.63, 3.8) is 0 Å². The van der Waals surface area contributed by atoms with Crippen LogP contribution in [0.4, 0.5) is 0 Å². The maximum Gasteiger partial charge on any atom is 0.339 e. The lowest BCUT2D eigenvalue weighted by Gasteiger charge is -2.07. The van der Waals surface area contributed by atoms with E-state index in [9.17, 15) is 18.3 Å². The van der Waals surface area contributed by atoms with Crippen LogP contribution in [0.1, 0.15) is 21.7 Å². The van der Waals surface area contributed by atoms with Gasteiger partial charge in [0, 0.05) is 11.9 Å². The van der Waals surface area contributed by atoms with Crippen molar-refractivity contribution in [1.29, 1.82) is 0 Å². The second-order valence-electron chi connectivity index (χ2n) is 5.63. The van der Waals surface area contributed by atoms with Crippen molar-refractivity contribution in [1.82, 2.24) is 4.72 Å². The van der Waals surface area contributed by atoms with Crippen molar-refractivity contribution >= 4 is 27.0 Å². The van der Waals surface area contributed by atoms with Crippen molar-refractivity contribution in [3.8, 4) is 0 Å². The molecule has 0 fully saturated rings. The Balaban J connectivity index is 1.84. The predicted molar refractivity (Wildman–Crippen MR) is 93.2 cm³/mol. The van der Waals surface area contributed by atoms with Crippen LogP contribution < -0.4 is 4.72 Å². The molecule has 0 aliphatic carbocycles. The van der Waals surface area contributed by atoms with E-state index in [1.807, 2.05) is 30.3 Å². The summed E-state index contributed by atoms with van der Waals surface area (Å²) in [4.78, 5) is 11.4. The minimum Gasteiger partial charge on any atom is -0.478 e. The molecule has 3 rings (SSSR count). The highest BCUT2D eigenvalue weighted by Crippen LogP contribution is 2.27. The second-order valence-corrected chi connectivity index (χ2v) is 7.40. The van der Waals surface area contributed by atoms with Gasteiger partial charge in [0.2, 0.25) is 10.0 Å². The molecule has 3 aromatic rings.